The molecule has 1 fully saturated rings. The maximum atomic E-state index is 5.80. The van der Waals surface area contributed by atoms with Crippen LogP contribution in [0.2, 0.25) is 0 Å². The van der Waals surface area contributed by atoms with Gasteiger partial charge in [-0.3, -0.25) is 0 Å². The number of hydrogen-bond acceptors (Lipinski definition) is 3. The SMILES string of the molecule is CNC(CC(C)(C)CN)C1CCN(C)C1. The summed E-state index contributed by atoms with van der Waals surface area (Å²) >= 11 is 0. The van der Waals surface area contributed by atoms with Gasteiger partial charge in [-0.2, -0.15) is 0 Å². The summed E-state index contributed by atoms with van der Waals surface area (Å²) in [6.45, 7) is 7.76. The summed E-state index contributed by atoms with van der Waals surface area (Å²) in [7, 11) is 4.29. The van der Waals surface area contributed by atoms with E-state index in [-0.39, 0.29) is 5.41 Å². The lowest BCUT2D eigenvalue weighted by Crippen LogP contribution is -2.40. The first kappa shape index (κ1) is 12.9. The van der Waals surface area contributed by atoms with Crippen LogP contribution in [0.4, 0.5) is 0 Å². The minimum absolute atomic E-state index is 0.259. The van der Waals surface area contributed by atoms with Gasteiger partial charge in [0.1, 0.15) is 0 Å². The highest BCUT2D eigenvalue weighted by Crippen LogP contribution is 2.28. The first-order valence-electron chi connectivity index (χ1n) is 6.04. The molecule has 2 atom stereocenters. The molecule has 90 valence electrons. The van der Waals surface area contributed by atoms with Gasteiger partial charge in [-0.15, -0.1) is 0 Å². The average Bonchev–Trinajstić information content (AvgIpc) is 2.61. The normalized spacial score (nSPS) is 25.8. The zero-order valence-corrected chi connectivity index (χ0v) is 10.7. The van der Waals surface area contributed by atoms with Crippen molar-refractivity contribution in [1.82, 2.24) is 10.2 Å². The predicted molar refractivity (Wildman–Crippen MR) is 65.9 cm³/mol. The van der Waals surface area contributed by atoms with Gasteiger partial charge >= 0.3 is 0 Å². The number of nitrogens with one attached hydrogen (secondary N) is 1. The van der Waals surface area contributed by atoms with E-state index < -0.39 is 0 Å². The maximum Gasteiger partial charge on any atom is 0.0111 e. The second-order valence-electron chi connectivity index (χ2n) is 5.78. The van der Waals surface area contributed by atoms with E-state index in [2.05, 4.69) is 38.2 Å². The molecule has 3 nitrogen and oxygen atoms in total. The molecule has 3 heteroatoms. The van der Waals surface area contributed by atoms with Gasteiger partial charge in [-0.05, 0) is 51.4 Å². The van der Waals surface area contributed by atoms with Crippen LogP contribution in [0, 0.1) is 11.3 Å². The summed E-state index contributed by atoms with van der Waals surface area (Å²) in [5.41, 5.74) is 6.06. The van der Waals surface area contributed by atoms with Gasteiger partial charge in [0.25, 0.3) is 0 Å². The Morgan fingerprint density at radius 2 is 2.20 bits per heavy atom. The summed E-state index contributed by atoms with van der Waals surface area (Å²) < 4.78 is 0. The van der Waals surface area contributed by atoms with Gasteiger partial charge in [-0.1, -0.05) is 13.8 Å². The summed E-state index contributed by atoms with van der Waals surface area (Å²) in [5, 5.41) is 3.47. The molecule has 1 aliphatic rings. The molecule has 0 spiro atoms. The molecule has 2 unspecified atom stereocenters. The Morgan fingerprint density at radius 3 is 2.60 bits per heavy atom. The fourth-order valence-corrected chi connectivity index (χ4v) is 2.48. The maximum absolute atomic E-state index is 5.80. The van der Waals surface area contributed by atoms with Crippen LogP contribution in [0.15, 0.2) is 0 Å². The van der Waals surface area contributed by atoms with E-state index in [0.717, 1.165) is 12.5 Å². The fourth-order valence-electron chi connectivity index (χ4n) is 2.48. The monoisotopic (exact) mass is 213 g/mol. The van der Waals surface area contributed by atoms with E-state index in [1.807, 2.05) is 0 Å². The number of nitrogens with zero attached hydrogens (tertiary/aromatic N) is 1. The van der Waals surface area contributed by atoms with Crippen LogP contribution in [-0.2, 0) is 0 Å². The van der Waals surface area contributed by atoms with Crippen molar-refractivity contribution in [2.75, 3.05) is 33.7 Å². The van der Waals surface area contributed by atoms with Crippen molar-refractivity contribution in [3.05, 3.63) is 0 Å². The van der Waals surface area contributed by atoms with Crippen LogP contribution in [0.3, 0.4) is 0 Å². The highest BCUT2D eigenvalue weighted by molar-refractivity contribution is 4.87. The minimum Gasteiger partial charge on any atom is -0.330 e. The molecule has 0 aliphatic carbocycles. The molecule has 15 heavy (non-hydrogen) atoms. The quantitative estimate of drug-likeness (QED) is 0.713. The zero-order chi connectivity index (χ0) is 11.5. The lowest BCUT2D eigenvalue weighted by Gasteiger charge is -2.31. The molecule has 0 aromatic heterocycles. The van der Waals surface area contributed by atoms with Crippen LogP contribution in [0.25, 0.3) is 0 Å². The summed E-state index contributed by atoms with van der Waals surface area (Å²) in [4.78, 5) is 2.42. The third-order valence-electron chi connectivity index (χ3n) is 3.69. The molecular weight excluding hydrogens is 186 g/mol. The Hall–Kier alpha value is -0.120. The molecule has 0 bridgehead atoms. The Labute approximate surface area is 94.4 Å². The molecule has 1 aliphatic heterocycles. The Balaban J connectivity index is 2.49. The van der Waals surface area contributed by atoms with Gasteiger partial charge in [-0.25, -0.2) is 0 Å². The van der Waals surface area contributed by atoms with Crippen molar-refractivity contribution in [3.63, 3.8) is 0 Å². The van der Waals surface area contributed by atoms with Crippen molar-refractivity contribution >= 4 is 0 Å². The van der Waals surface area contributed by atoms with Gasteiger partial charge in [0.05, 0.1) is 0 Å². The van der Waals surface area contributed by atoms with Crippen LogP contribution >= 0.6 is 0 Å². The van der Waals surface area contributed by atoms with Crippen molar-refractivity contribution in [1.29, 1.82) is 0 Å². The number of likely N-dealkylation sites (tertiary alicyclic amines) is 1. The zero-order valence-electron chi connectivity index (χ0n) is 10.7. The van der Waals surface area contributed by atoms with E-state index >= 15 is 0 Å². The Bertz CT molecular complexity index is 191. The smallest absolute Gasteiger partial charge is 0.0111 e. The number of rotatable bonds is 5. The molecule has 0 aromatic carbocycles. The third-order valence-corrected chi connectivity index (χ3v) is 3.69. The van der Waals surface area contributed by atoms with Crippen LogP contribution < -0.4 is 11.1 Å². The number of hydrogen-bond donors (Lipinski definition) is 2. The third kappa shape index (κ3) is 3.74. The van der Waals surface area contributed by atoms with E-state index in [9.17, 15) is 0 Å². The fraction of sp³-hybridized carbons (Fsp3) is 1.00. The molecule has 0 saturated carbocycles. The highest BCUT2D eigenvalue weighted by atomic mass is 15.1. The van der Waals surface area contributed by atoms with E-state index in [0.29, 0.717) is 6.04 Å². The summed E-state index contributed by atoms with van der Waals surface area (Å²) in [5.74, 6) is 0.797. The van der Waals surface area contributed by atoms with Gasteiger partial charge in [0, 0.05) is 12.6 Å². The van der Waals surface area contributed by atoms with Crippen LogP contribution in [0.1, 0.15) is 26.7 Å². The van der Waals surface area contributed by atoms with Crippen molar-refractivity contribution < 1.29 is 0 Å². The van der Waals surface area contributed by atoms with Gasteiger partial charge in [0.15, 0.2) is 0 Å². The van der Waals surface area contributed by atoms with Crippen molar-refractivity contribution in [2.45, 2.75) is 32.7 Å². The van der Waals surface area contributed by atoms with Crippen LogP contribution in [0.5, 0.6) is 0 Å². The molecule has 1 heterocycles. The second-order valence-corrected chi connectivity index (χ2v) is 5.78. The molecule has 0 radical (unpaired) electrons. The minimum atomic E-state index is 0.259. The molecular formula is C12H27N3. The Morgan fingerprint density at radius 1 is 1.53 bits per heavy atom. The van der Waals surface area contributed by atoms with Gasteiger partial charge in [0.2, 0.25) is 0 Å². The van der Waals surface area contributed by atoms with Gasteiger partial charge < -0.3 is 16.0 Å². The van der Waals surface area contributed by atoms with E-state index in [1.54, 1.807) is 0 Å². The average molecular weight is 213 g/mol. The van der Waals surface area contributed by atoms with Crippen molar-refractivity contribution in [3.8, 4) is 0 Å². The predicted octanol–water partition coefficient (Wildman–Crippen LogP) is 0.901. The number of nitrogens with two attached hydrogens (primary N) is 1. The first-order chi connectivity index (χ1) is 6.98. The highest BCUT2D eigenvalue weighted by Gasteiger charge is 2.30. The topological polar surface area (TPSA) is 41.3 Å². The van der Waals surface area contributed by atoms with Crippen molar-refractivity contribution in [2.24, 2.45) is 17.1 Å². The molecule has 1 rings (SSSR count). The Kier molecular flexibility index (Phi) is 4.56. The standard InChI is InChI=1S/C12H27N3/c1-12(2,9-13)7-11(14-3)10-5-6-15(4)8-10/h10-11,14H,5-9,13H2,1-4H3. The molecule has 0 aromatic rings. The van der Waals surface area contributed by atoms with Crippen LogP contribution in [-0.4, -0.2) is 44.7 Å². The molecule has 3 N–H and O–H groups in total. The summed E-state index contributed by atoms with van der Waals surface area (Å²) in [6, 6.07) is 0.619. The second kappa shape index (κ2) is 5.28. The lowest BCUT2D eigenvalue weighted by atomic mass is 9.81. The largest absolute Gasteiger partial charge is 0.330 e. The molecule has 0 amide bonds. The van der Waals surface area contributed by atoms with E-state index in [4.69, 9.17) is 5.73 Å². The summed E-state index contributed by atoms with van der Waals surface area (Å²) in [6.07, 6.45) is 2.50. The lowest BCUT2D eigenvalue weighted by molar-refractivity contribution is 0.242. The first-order valence-corrected chi connectivity index (χ1v) is 6.04. The molecule has 1 saturated heterocycles. The van der Waals surface area contributed by atoms with E-state index in [1.165, 1.54) is 25.9 Å².